The van der Waals surface area contributed by atoms with Crippen LogP contribution in [0.1, 0.15) is 0 Å². The lowest BCUT2D eigenvalue weighted by Gasteiger charge is -2.32. The van der Waals surface area contributed by atoms with Crippen LogP contribution in [0.15, 0.2) is 146 Å². The van der Waals surface area contributed by atoms with E-state index in [0.717, 1.165) is 11.1 Å². The van der Waals surface area contributed by atoms with Crippen LogP contribution < -0.4 is 20.7 Å². The second-order valence-corrected chi connectivity index (χ2v) is 13.2. The number of fused-ring (bicyclic) bond motifs is 3. The summed E-state index contributed by atoms with van der Waals surface area (Å²) in [7, 11) is -2.60. The number of pyridine rings is 2. The maximum atomic E-state index is 4.39. The van der Waals surface area contributed by atoms with Crippen molar-refractivity contribution in [2.24, 2.45) is 0 Å². The fourth-order valence-corrected chi connectivity index (χ4v) is 11.2. The zero-order valence-corrected chi connectivity index (χ0v) is 21.3. The molecule has 174 valence electrons. The highest BCUT2D eigenvalue weighted by Crippen LogP contribution is 2.30. The molecule has 0 N–H and O–H groups in total. The number of rotatable bonds is 4. The Morgan fingerprint density at radius 1 is 0.405 bits per heavy atom. The molecule has 0 saturated carbocycles. The highest BCUT2D eigenvalue weighted by atomic mass is 28.3. The Kier molecular flexibility index (Phi) is 5.16. The molecule has 0 amide bonds. The molecule has 0 radical (unpaired) electrons. The van der Waals surface area contributed by atoms with Gasteiger partial charge in [0.2, 0.25) is 0 Å². The highest BCUT2D eigenvalue weighted by Gasteiger charge is 2.48. The lowest BCUT2D eigenvalue weighted by molar-refractivity contribution is 1.33. The van der Waals surface area contributed by atoms with Gasteiger partial charge in [0.15, 0.2) is 8.07 Å². The summed E-state index contributed by atoms with van der Waals surface area (Å²) in [6.45, 7) is 0. The second kappa shape index (κ2) is 8.81. The van der Waals surface area contributed by atoms with Crippen LogP contribution in [-0.4, -0.2) is 18.0 Å². The second-order valence-electron chi connectivity index (χ2n) is 9.49. The Hall–Kier alpha value is -4.60. The molecule has 0 bridgehead atoms. The molecule has 1 aliphatic rings. The normalized spacial score (nSPS) is 13.1. The SMILES string of the molecule is c1cncc(-c2cccc([Si]3(c4cccc(-c5cccnc5)c4)c4ccccc4-c4ccccc43)c2)c1. The summed E-state index contributed by atoms with van der Waals surface area (Å²) >= 11 is 0. The Bertz CT molecular complexity index is 1600. The van der Waals surface area contributed by atoms with Crippen molar-refractivity contribution in [2.45, 2.75) is 0 Å². The molecule has 4 aromatic carbocycles. The molecule has 37 heavy (non-hydrogen) atoms. The molecular formula is C34H24N2Si. The van der Waals surface area contributed by atoms with Crippen molar-refractivity contribution in [3.63, 3.8) is 0 Å². The van der Waals surface area contributed by atoms with Gasteiger partial charge in [0.05, 0.1) is 0 Å². The first kappa shape index (κ1) is 21.7. The molecule has 0 atom stereocenters. The molecule has 0 fully saturated rings. The smallest absolute Gasteiger partial charge is 0.180 e. The highest BCUT2D eigenvalue weighted by molar-refractivity contribution is 7.22. The zero-order chi connectivity index (χ0) is 24.7. The number of hydrogen-bond donors (Lipinski definition) is 0. The van der Waals surface area contributed by atoms with Gasteiger partial charge in [-0.15, -0.1) is 0 Å². The first-order chi connectivity index (χ1) is 18.4. The Morgan fingerprint density at radius 3 is 1.32 bits per heavy atom. The van der Waals surface area contributed by atoms with E-state index < -0.39 is 8.07 Å². The summed E-state index contributed by atoms with van der Waals surface area (Å²) in [4.78, 5) is 8.77. The van der Waals surface area contributed by atoms with E-state index in [1.165, 1.54) is 43.0 Å². The first-order valence-electron chi connectivity index (χ1n) is 12.6. The van der Waals surface area contributed by atoms with Crippen LogP contribution in [0.25, 0.3) is 33.4 Å². The predicted octanol–water partition coefficient (Wildman–Crippen LogP) is 5.17. The number of hydrogen-bond acceptors (Lipinski definition) is 2. The van der Waals surface area contributed by atoms with Crippen molar-refractivity contribution >= 4 is 28.8 Å². The summed E-state index contributed by atoms with van der Waals surface area (Å²) in [5, 5.41) is 5.66. The molecule has 2 nitrogen and oxygen atoms in total. The van der Waals surface area contributed by atoms with Gasteiger partial charge in [-0.1, -0.05) is 109 Å². The largest absolute Gasteiger partial charge is 0.264 e. The van der Waals surface area contributed by atoms with Gasteiger partial charge >= 0.3 is 0 Å². The van der Waals surface area contributed by atoms with Crippen molar-refractivity contribution in [1.29, 1.82) is 0 Å². The number of benzene rings is 4. The summed E-state index contributed by atoms with van der Waals surface area (Å²) in [5.74, 6) is 0. The van der Waals surface area contributed by atoms with Gasteiger partial charge in [0.1, 0.15) is 0 Å². The molecule has 0 unspecified atom stereocenters. The van der Waals surface area contributed by atoms with Crippen molar-refractivity contribution in [2.75, 3.05) is 0 Å². The van der Waals surface area contributed by atoms with Crippen molar-refractivity contribution in [3.05, 3.63) is 146 Å². The van der Waals surface area contributed by atoms with E-state index in [4.69, 9.17) is 0 Å². The van der Waals surface area contributed by atoms with Crippen LogP contribution in [0, 0.1) is 0 Å². The third-order valence-corrected chi connectivity index (χ3v) is 12.4. The van der Waals surface area contributed by atoms with E-state index in [0.29, 0.717) is 0 Å². The quantitative estimate of drug-likeness (QED) is 0.320. The predicted molar refractivity (Wildman–Crippen MR) is 156 cm³/mol. The summed E-state index contributed by atoms with van der Waals surface area (Å²) in [6, 6.07) is 44.6. The van der Waals surface area contributed by atoms with Crippen LogP contribution in [0.5, 0.6) is 0 Å². The Balaban J connectivity index is 1.56. The zero-order valence-electron chi connectivity index (χ0n) is 20.3. The monoisotopic (exact) mass is 488 g/mol. The van der Waals surface area contributed by atoms with Crippen molar-refractivity contribution in [3.8, 4) is 33.4 Å². The first-order valence-corrected chi connectivity index (χ1v) is 14.6. The minimum atomic E-state index is -2.60. The standard InChI is InChI=1S/C34H24N2Si/c1-3-17-33-31(15-1)32-16-2-4-18-34(32)37(33,29-13-5-9-25(21-29)27-11-7-19-35-23-27)30-14-6-10-26(22-30)28-12-8-20-36-24-28/h1-24H. The van der Waals surface area contributed by atoms with Crippen LogP contribution in [0.4, 0.5) is 0 Å². The fraction of sp³-hybridized carbons (Fsp3) is 0. The molecule has 0 spiro atoms. The van der Waals surface area contributed by atoms with E-state index in [9.17, 15) is 0 Å². The minimum Gasteiger partial charge on any atom is -0.264 e. The average Bonchev–Trinajstić information content (AvgIpc) is 3.30. The van der Waals surface area contributed by atoms with Crippen molar-refractivity contribution < 1.29 is 0 Å². The van der Waals surface area contributed by atoms with Crippen LogP contribution >= 0.6 is 0 Å². The molecule has 7 rings (SSSR count). The number of aromatic nitrogens is 2. The summed E-state index contributed by atoms with van der Waals surface area (Å²) < 4.78 is 0. The fourth-order valence-electron chi connectivity index (χ4n) is 5.95. The molecule has 3 heterocycles. The summed E-state index contributed by atoms with van der Waals surface area (Å²) in [5.41, 5.74) is 7.37. The molecule has 0 saturated heterocycles. The lowest BCUT2D eigenvalue weighted by atomic mass is 10.1. The van der Waals surface area contributed by atoms with Crippen molar-refractivity contribution in [1.82, 2.24) is 9.97 Å². The number of nitrogens with zero attached hydrogens (tertiary/aromatic N) is 2. The van der Waals surface area contributed by atoms with E-state index >= 15 is 0 Å². The van der Waals surface area contributed by atoms with Gasteiger partial charge in [0, 0.05) is 24.8 Å². The Labute approximate surface area is 218 Å². The third kappa shape index (κ3) is 3.40. The van der Waals surface area contributed by atoms with Gasteiger partial charge in [-0.2, -0.15) is 0 Å². The maximum Gasteiger partial charge on any atom is 0.180 e. The molecule has 0 aliphatic carbocycles. The van der Waals surface area contributed by atoms with E-state index in [1.54, 1.807) is 0 Å². The Morgan fingerprint density at radius 2 is 0.865 bits per heavy atom. The lowest BCUT2D eigenvalue weighted by Crippen LogP contribution is -2.72. The third-order valence-electron chi connectivity index (χ3n) is 7.53. The van der Waals surface area contributed by atoms with Gasteiger partial charge in [-0.25, -0.2) is 0 Å². The van der Waals surface area contributed by atoms with Gasteiger partial charge in [-0.3, -0.25) is 9.97 Å². The molecule has 3 heteroatoms. The molecule has 6 aromatic rings. The minimum absolute atomic E-state index is 1.14. The van der Waals surface area contributed by atoms with E-state index in [1.807, 2.05) is 36.9 Å². The maximum absolute atomic E-state index is 4.39. The summed E-state index contributed by atoms with van der Waals surface area (Å²) in [6.07, 6.45) is 7.56. The van der Waals surface area contributed by atoms with Gasteiger partial charge < -0.3 is 0 Å². The average molecular weight is 489 g/mol. The molecule has 2 aromatic heterocycles. The molecule has 1 aliphatic heterocycles. The van der Waals surface area contributed by atoms with E-state index in [2.05, 4.69) is 119 Å². The van der Waals surface area contributed by atoms with Crippen LogP contribution in [-0.2, 0) is 0 Å². The van der Waals surface area contributed by atoms with Crippen LogP contribution in [0.2, 0.25) is 0 Å². The van der Waals surface area contributed by atoms with Crippen LogP contribution in [0.3, 0.4) is 0 Å². The topological polar surface area (TPSA) is 25.8 Å². The van der Waals surface area contributed by atoms with Gasteiger partial charge in [0.25, 0.3) is 0 Å². The van der Waals surface area contributed by atoms with Gasteiger partial charge in [-0.05, 0) is 66.3 Å². The van der Waals surface area contributed by atoms with E-state index in [-0.39, 0.29) is 0 Å². The molecular weight excluding hydrogens is 464 g/mol.